The molecule has 0 unspecified atom stereocenters. The first-order valence-electron chi connectivity index (χ1n) is 8.59. The number of rotatable bonds is 6. The molecule has 0 saturated heterocycles. The van der Waals surface area contributed by atoms with Gasteiger partial charge in [-0.2, -0.15) is 5.10 Å². The van der Waals surface area contributed by atoms with E-state index in [1.165, 1.54) is 18.2 Å². The highest BCUT2D eigenvalue weighted by molar-refractivity contribution is 5.99. The molecule has 0 aliphatic rings. The van der Waals surface area contributed by atoms with Crippen molar-refractivity contribution in [1.82, 2.24) is 5.43 Å². The first kappa shape index (κ1) is 19.7. The summed E-state index contributed by atoms with van der Waals surface area (Å²) in [5, 5.41) is 15.4. The molecule has 0 bridgehead atoms. The molecule has 0 atom stereocenters. The smallest absolute Gasteiger partial charge is 0.336 e. The van der Waals surface area contributed by atoms with E-state index in [0.717, 1.165) is 10.9 Å². The summed E-state index contributed by atoms with van der Waals surface area (Å²) in [4.78, 5) is 33.6. The van der Waals surface area contributed by atoms with Gasteiger partial charge in [0.05, 0.1) is 10.6 Å². The number of nitrogens with one attached hydrogen (secondary N) is 1. The molecule has 1 N–H and O–H groups in total. The van der Waals surface area contributed by atoms with Crippen LogP contribution in [-0.2, 0) is 4.79 Å². The van der Waals surface area contributed by atoms with Crippen molar-refractivity contribution >= 4 is 28.3 Å². The van der Waals surface area contributed by atoms with Gasteiger partial charge in [-0.25, -0.2) is 10.2 Å². The molecule has 0 spiro atoms. The average molecular weight is 395 g/mol. The van der Waals surface area contributed by atoms with Crippen LogP contribution in [0, 0.1) is 17.0 Å². The Balaban J connectivity index is 1.60. The molecule has 0 aliphatic carbocycles. The zero-order chi connectivity index (χ0) is 21.0. The lowest BCUT2D eigenvalue weighted by molar-refractivity contribution is -0.384. The molecule has 9 heteroatoms. The van der Waals surface area contributed by atoms with E-state index in [2.05, 4.69) is 10.5 Å². The second-order valence-corrected chi connectivity index (χ2v) is 6.23. The highest BCUT2D eigenvalue weighted by Gasteiger charge is 2.08. The summed E-state index contributed by atoms with van der Waals surface area (Å²) in [7, 11) is 0. The van der Waals surface area contributed by atoms with E-state index in [0.29, 0.717) is 22.6 Å². The number of carbonyl (C=O) groups is 1. The first-order valence-corrected chi connectivity index (χ1v) is 8.59. The number of benzene rings is 2. The van der Waals surface area contributed by atoms with Gasteiger partial charge in [-0.3, -0.25) is 14.9 Å². The summed E-state index contributed by atoms with van der Waals surface area (Å²) in [6.45, 7) is 3.17. The Bertz CT molecular complexity index is 1170. The number of nitro benzene ring substituents is 1. The fraction of sp³-hybridized carbons (Fsp3) is 0.150. The Morgan fingerprint density at radius 2 is 1.93 bits per heavy atom. The molecular formula is C20H17N3O6. The van der Waals surface area contributed by atoms with Crippen molar-refractivity contribution in [3.8, 4) is 5.75 Å². The third kappa shape index (κ3) is 4.83. The van der Waals surface area contributed by atoms with E-state index < -0.39 is 16.5 Å². The van der Waals surface area contributed by atoms with E-state index in [9.17, 15) is 19.7 Å². The van der Waals surface area contributed by atoms with Gasteiger partial charge in [-0.15, -0.1) is 0 Å². The van der Waals surface area contributed by atoms with Crippen LogP contribution in [0.1, 0.15) is 18.1 Å². The SMILES string of the molecule is C/C(=N/NC(=O)COc1ccc2c(C)cc(=O)oc2c1)c1ccc([N+](=O)[O-])cc1. The zero-order valence-electron chi connectivity index (χ0n) is 15.7. The fourth-order valence-corrected chi connectivity index (χ4v) is 2.61. The Kier molecular flexibility index (Phi) is 5.68. The van der Waals surface area contributed by atoms with Crippen molar-refractivity contribution in [3.05, 3.63) is 80.2 Å². The molecule has 9 nitrogen and oxygen atoms in total. The van der Waals surface area contributed by atoms with Crippen LogP contribution in [0.15, 0.2) is 62.8 Å². The number of ether oxygens (including phenoxy) is 1. The summed E-state index contributed by atoms with van der Waals surface area (Å²) in [5.74, 6) is -0.116. The standard InChI is InChI=1S/C20H17N3O6/c1-12-9-20(25)29-18-10-16(7-8-17(12)18)28-11-19(24)22-21-13(2)14-3-5-15(6-4-14)23(26)27/h3-10H,11H2,1-2H3,(H,22,24)/b21-13-. The minimum atomic E-state index is -0.491. The highest BCUT2D eigenvalue weighted by Crippen LogP contribution is 2.22. The van der Waals surface area contributed by atoms with Gasteiger partial charge in [0, 0.05) is 29.7 Å². The van der Waals surface area contributed by atoms with E-state index in [1.54, 1.807) is 44.2 Å². The summed E-state index contributed by atoms with van der Waals surface area (Å²) in [6.07, 6.45) is 0. The Labute approximate surface area is 164 Å². The van der Waals surface area contributed by atoms with Crippen LogP contribution in [-0.4, -0.2) is 23.1 Å². The number of non-ortho nitro benzene ring substituents is 1. The largest absolute Gasteiger partial charge is 0.484 e. The fourth-order valence-electron chi connectivity index (χ4n) is 2.61. The van der Waals surface area contributed by atoms with E-state index in [-0.39, 0.29) is 12.3 Å². The van der Waals surface area contributed by atoms with Crippen LogP contribution in [0.25, 0.3) is 11.0 Å². The lowest BCUT2D eigenvalue weighted by atomic mass is 10.1. The molecule has 1 aromatic heterocycles. The summed E-state index contributed by atoms with van der Waals surface area (Å²) >= 11 is 0. The Morgan fingerprint density at radius 3 is 2.62 bits per heavy atom. The molecule has 148 valence electrons. The van der Waals surface area contributed by atoms with Gasteiger partial charge in [0.25, 0.3) is 11.6 Å². The minimum absolute atomic E-state index is 0.0274. The number of hydrogen-bond donors (Lipinski definition) is 1. The molecule has 0 saturated carbocycles. The third-order valence-electron chi connectivity index (χ3n) is 4.14. The number of nitrogens with zero attached hydrogens (tertiary/aromatic N) is 2. The number of fused-ring (bicyclic) bond motifs is 1. The molecule has 3 aromatic rings. The summed E-state index contributed by atoms with van der Waals surface area (Å²) < 4.78 is 10.6. The molecule has 3 rings (SSSR count). The quantitative estimate of drug-likeness (QED) is 0.296. The molecule has 0 radical (unpaired) electrons. The maximum absolute atomic E-state index is 12.0. The van der Waals surface area contributed by atoms with Crippen LogP contribution in [0.2, 0.25) is 0 Å². The molecule has 1 heterocycles. The normalized spacial score (nSPS) is 11.3. The van der Waals surface area contributed by atoms with Gasteiger partial charge < -0.3 is 9.15 Å². The molecule has 2 aromatic carbocycles. The van der Waals surface area contributed by atoms with Gasteiger partial charge in [0.2, 0.25) is 0 Å². The maximum Gasteiger partial charge on any atom is 0.336 e. The lowest BCUT2D eigenvalue weighted by Crippen LogP contribution is -2.25. The number of hydrogen-bond acceptors (Lipinski definition) is 7. The zero-order valence-corrected chi connectivity index (χ0v) is 15.7. The predicted octanol–water partition coefficient (Wildman–Crippen LogP) is 2.93. The lowest BCUT2D eigenvalue weighted by Gasteiger charge is -2.07. The van der Waals surface area contributed by atoms with E-state index in [1.807, 2.05) is 0 Å². The molecular weight excluding hydrogens is 378 g/mol. The Morgan fingerprint density at radius 1 is 1.21 bits per heavy atom. The van der Waals surface area contributed by atoms with E-state index >= 15 is 0 Å². The van der Waals surface area contributed by atoms with Crippen LogP contribution < -0.4 is 15.8 Å². The van der Waals surface area contributed by atoms with Crippen LogP contribution in [0.5, 0.6) is 5.75 Å². The minimum Gasteiger partial charge on any atom is -0.484 e. The van der Waals surface area contributed by atoms with Crippen molar-refractivity contribution in [2.75, 3.05) is 6.61 Å². The number of carbonyl (C=O) groups excluding carboxylic acids is 1. The van der Waals surface area contributed by atoms with Gasteiger partial charge in [0.15, 0.2) is 6.61 Å². The summed E-state index contributed by atoms with van der Waals surface area (Å²) in [5.41, 5.74) is 4.16. The predicted molar refractivity (Wildman–Crippen MR) is 106 cm³/mol. The van der Waals surface area contributed by atoms with Crippen LogP contribution >= 0.6 is 0 Å². The van der Waals surface area contributed by atoms with Crippen molar-refractivity contribution in [1.29, 1.82) is 0 Å². The van der Waals surface area contributed by atoms with Gasteiger partial charge >= 0.3 is 5.63 Å². The van der Waals surface area contributed by atoms with Crippen molar-refractivity contribution in [3.63, 3.8) is 0 Å². The van der Waals surface area contributed by atoms with Crippen molar-refractivity contribution in [2.24, 2.45) is 5.10 Å². The molecule has 1 amide bonds. The van der Waals surface area contributed by atoms with Gasteiger partial charge in [-0.05, 0) is 49.2 Å². The second kappa shape index (κ2) is 8.34. The number of hydrazone groups is 1. The summed E-state index contributed by atoms with van der Waals surface area (Å²) in [6, 6.07) is 12.2. The number of aryl methyl sites for hydroxylation is 1. The number of amides is 1. The monoisotopic (exact) mass is 395 g/mol. The van der Waals surface area contributed by atoms with Gasteiger partial charge in [-0.1, -0.05) is 0 Å². The molecule has 0 fully saturated rings. The molecule has 0 aliphatic heterocycles. The van der Waals surface area contributed by atoms with E-state index in [4.69, 9.17) is 9.15 Å². The van der Waals surface area contributed by atoms with Crippen molar-refractivity contribution < 1.29 is 18.9 Å². The second-order valence-electron chi connectivity index (χ2n) is 6.23. The van der Waals surface area contributed by atoms with Crippen molar-refractivity contribution in [2.45, 2.75) is 13.8 Å². The highest BCUT2D eigenvalue weighted by atomic mass is 16.6. The van der Waals surface area contributed by atoms with Crippen LogP contribution in [0.4, 0.5) is 5.69 Å². The Hall–Kier alpha value is -4.01. The maximum atomic E-state index is 12.0. The van der Waals surface area contributed by atoms with Crippen LogP contribution in [0.3, 0.4) is 0 Å². The third-order valence-corrected chi connectivity index (χ3v) is 4.14. The average Bonchev–Trinajstić information content (AvgIpc) is 2.70. The first-order chi connectivity index (χ1) is 13.8. The molecule has 29 heavy (non-hydrogen) atoms. The topological polar surface area (TPSA) is 124 Å². The number of nitro groups is 1. The van der Waals surface area contributed by atoms with Gasteiger partial charge in [0.1, 0.15) is 11.3 Å².